The minimum Gasteiger partial charge on any atom is -0.504 e. The van der Waals surface area contributed by atoms with Gasteiger partial charge in [-0.15, -0.1) is 11.3 Å². The van der Waals surface area contributed by atoms with E-state index in [1.165, 1.54) is 11.3 Å². The van der Waals surface area contributed by atoms with Crippen LogP contribution in [0.15, 0.2) is 70.6 Å². The summed E-state index contributed by atoms with van der Waals surface area (Å²) in [5, 5.41) is 0.731. The molecule has 34 heavy (non-hydrogen) atoms. The summed E-state index contributed by atoms with van der Waals surface area (Å²) in [5.74, 6) is 1.75. The summed E-state index contributed by atoms with van der Waals surface area (Å²) in [6.07, 6.45) is 7.60. The van der Waals surface area contributed by atoms with E-state index in [1.54, 1.807) is 45.8 Å². The molecule has 0 aliphatic heterocycles. The number of hydrogen-bond acceptors (Lipinski definition) is 6. The molecule has 178 valence electrons. The Bertz CT molecular complexity index is 1290. The summed E-state index contributed by atoms with van der Waals surface area (Å²) in [5.41, 5.74) is 3.23. The molecule has 0 spiro atoms. The van der Waals surface area contributed by atoms with Crippen LogP contribution in [-0.4, -0.2) is 27.1 Å². The summed E-state index contributed by atoms with van der Waals surface area (Å²) in [6, 6.07) is 7.65. The molecule has 6 heteroatoms. The third kappa shape index (κ3) is 5.02. The molecule has 2 heterocycles. The van der Waals surface area contributed by atoms with Crippen molar-refractivity contribution in [1.82, 2.24) is 0 Å². The number of rotatable bonds is 10. The second-order valence-electron chi connectivity index (χ2n) is 7.68. The van der Waals surface area contributed by atoms with Crippen LogP contribution in [0.1, 0.15) is 41.1 Å². The first kappa shape index (κ1) is 25.1. The number of Topliss-reactive ketones (excluding diaryl/α,β-unsaturated/α-hetero) is 1. The van der Waals surface area contributed by atoms with Gasteiger partial charge >= 0.3 is 0 Å². The highest BCUT2D eigenvalue weighted by Crippen LogP contribution is 2.41. The molecule has 0 saturated heterocycles. The number of furan rings is 1. The number of methoxy groups -OCH3 is 3. The van der Waals surface area contributed by atoms with Crippen LogP contribution in [0, 0.1) is 6.92 Å². The zero-order valence-corrected chi connectivity index (χ0v) is 21.3. The van der Waals surface area contributed by atoms with Crippen molar-refractivity contribution in [2.75, 3.05) is 21.3 Å². The third-order valence-electron chi connectivity index (χ3n) is 5.43. The van der Waals surface area contributed by atoms with Crippen molar-refractivity contribution < 1.29 is 23.4 Å². The molecule has 0 unspecified atom stereocenters. The lowest BCUT2D eigenvalue weighted by Gasteiger charge is -2.08. The van der Waals surface area contributed by atoms with Crippen molar-refractivity contribution in [3.05, 3.63) is 82.2 Å². The van der Waals surface area contributed by atoms with Gasteiger partial charge in [0.2, 0.25) is 0 Å². The Morgan fingerprint density at radius 3 is 2.50 bits per heavy atom. The molecule has 0 fully saturated rings. The highest BCUT2D eigenvalue weighted by Gasteiger charge is 2.27. The van der Waals surface area contributed by atoms with E-state index in [0.29, 0.717) is 40.4 Å². The van der Waals surface area contributed by atoms with Crippen molar-refractivity contribution in [3.63, 3.8) is 0 Å². The highest BCUT2D eigenvalue weighted by atomic mass is 32.1. The lowest BCUT2D eigenvalue weighted by Crippen LogP contribution is -2.04. The first-order valence-electron chi connectivity index (χ1n) is 10.9. The quantitative estimate of drug-likeness (QED) is 0.129. The van der Waals surface area contributed by atoms with E-state index in [2.05, 4.69) is 6.58 Å². The van der Waals surface area contributed by atoms with Gasteiger partial charge in [0.25, 0.3) is 0 Å². The van der Waals surface area contributed by atoms with Crippen molar-refractivity contribution >= 4 is 34.2 Å². The molecule has 3 rings (SSSR count). The van der Waals surface area contributed by atoms with Crippen molar-refractivity contribution in [3.8, 4) is 16.4 Å². The van der Waals surface area contributed by atoms with Crippen LogP contribution in [0.5, 0.6) is 5.75 Å². The van der Waals surface area contributed by atoms with E-state index in [0.717, 1.165) is 26.3 Å². The molecule has 5 nitrogen and oxygen atoms in total. The number of hydrogen-bond donors (Lipinski definition) is 0. The Labute approximate surface area is 204 Å². The van der Waals surface area contributed by atoms with E-state index >= 15 is 0 Å². The molecule has 2 aromatic heterocycles. The molecule has 0 bridgehead atoms. The summed E-state index contributed by atoms with van der Waals surface area (Å²) in [6.45, 7) is 9.63. The number of thiophene rings is 1. The minimum atomic E-state index is -0.168. The summed E-state index contributed by atoms with van der Waals surface area (Å²) >= 11 is 1.52. The molecule has 0 radical (unpaired) electrons. The molecule has 0 aliphatic rings. The molecule has 1 aromatic carbocycles. The third-order valence-corrected chi connectivity index (χ3v) is 6.51. The van der Waals surface area contributed by atoms with Gasteiger partial charge in [-0.1, -0.05) is 19.6 Å². The van der Waals surface area contributed by atoms with Gasteiger partial charge in [-0.2, -0.15) is 0 Å². The number of ether oxygens (including phenoxy) is 3. The second-order valence-corrected chi connectivity index (χ2v) is 8.79. The maximum absolute atomic E-state index is 14.1. The average molecular weight is 479 g/mol. The van der Waals surface area contributed by atoms with Gasteiger partial charge in [-0.05, 0) is 55.8 Å². The number of allylic oxidation sites excluding steroid dienone is 5. The van der Waals surface area contributed by atoms with Gasteiger partial charge in [0.15, 0.2) is 11.5 Å². The van der Waals surface area contributed by atoms with Crippen LogP contribution < -0.4 is 4.74 Å². The van der Waals surface area contributed by atoms with Gasteiger partial charge in [0.05, 0.1) is 43.8 Å². The fourth-order valence-electron chi connectivity index (χ4n) is 3.74. The number of carbonyl (C=O) groups excluding carboxylic acids is 1. The smallest absolute Gasteiger partial charge is 0.197 e. The molecular weight excluding hydrogens is 448 g/mol. The highest BCUT2D eigenvalue weighted by molar-refractivity contribution is 7.16. The maximum Gasteiger partial charge on any atom is 0.197 e. The van der Waals surface area contributed by atoms with Crippen LogP contribution in [0.25, 0.3) is 27.7 Å². The second kappa shape index (κ2) is 11.1. The maximum atomic E-state index is 14.1. The van der Waals surface area contributed by atoms with E-state index < -0.39 is 0 Å². The van der Waals surface area contributed by atoms with Crippen LogP contribution in [-0.2, 0) is 9.47 Å². The molecule has 0 N–H and O–H groups in total. The van der Waals surface area contributed by atoms with Gasteiger partial charge in [-0.3, -0.25) is 4.79 Å². The largest absolute Gasteiger partial charge is 0.504 e. The van der Waals surface area contributed by atoms with Gasteiger partial charge in [0.1, 0.15) is 11.3 Å². The summed E-state index contributed by atoms with van der Waals surface area (Å²) < 4.78 is 22.5. The number of fused-ring (bicyclic) bond motifs is 1. The summed E-state index contributed by atoms with van der Waals surface area (Å²) in [7, 11) is 4.80. The van der Waals surface area contributed by atoms with E-state index in [1.807, 2.05) is 45.0 Å². The van der Waals surface area contributed by atoms with Crippen LogP contribution in [0.3, 0.4) is 0 Å². The lowest BCUT2D eigenvalue weighted by molar-refractivity contribution is 0.103. The zero-order valence-electron chi connectivity index (χ0n) is 20.5. The lowest BCUT2D eigenvalue weighted by atomic mass is 9.96. The SMILES string of the molecule is C=Cc1ccc(-c2oc3c(C)c(OC)ccc3c2C(=O)C(/C=C(\CC)OC)=C/C(C)=C/OC)s1. The van der Waals surface area contributed by atoms with Crippen LogP contribution in [0.4, 0.5) is 0 Å². The van der Waals surface area contributed by atoms with Crippen molar-refractivity contribution in [2.24, 2.45) is 0 Å². The fourth-order valence-corrected chi connectivity index (χ4v) is 4.59. The molecule has 0 saturated carbocycles. The Morgan fingerprint density at radius 2 is 1.91 bits per heavy atom. The topological polar surface area (TPSA) is 57.9 Å². The fraction of sp³-hybridized carbons (Fsp3) is 0.250. The number of aryl methyl sites for hydroxylation is 1. The standard InChI is InChI=1S/C28H30O5S/c1-8-20(31-6)15-19(14-17(3)16-30-5)26(29)25-22-11-12-23(32-7)18(4)27(22)33-28(25)24-13-10-21(9-2)34-24/h9-16H,2,8H2,1,3-7H3/b17-16+,19-14+,20-15+. The minimum absolute atomic E-state index is 0.168. The predicted molar refractivity (Wildman–Crippen MR) is 139 cm³/mol. The van der Waals surface area contributed by atoms with Gasteiger partial charge in [0, 0.05) is 27.8 Å². The van der Waals surface area contributed by atoms with Crippen molar-refractivity contribution in [1.29, 1.82) is 0 Å². The van der Waals surface area contributed by atoms with Crippen molar-refractivity contribution in [2.45, 2.75) is 27.2 Å². The number of carbonyl (C=O) groups is 1. The Balaban J connectivity index is 2.33. The average Bonchev–Trinajstić information content (AvgIpc) is 3.46. The molecule has 0 aliphatic carbocycles. The molecule has 3 aromatic rings. The normalized spacial score (nSPS) is 12.7. The molecule has 0 atom stereocenters. The zero-order chi connectivity index (χ0) is 24.8. The Kier molecular flexibility index (Phi) is 8.18. The van der Waals surface area contributed by atoms with Gasteiger partial charge in [-0.25, -0.2) is 0 Å². The summed E-state index contributed by atoms with van der Waals surface area (Å²) in [4.78, 5) is 16.0. The number of benzene rings is 1. The molecule has 0 amide bonds. The number of ketones is 1. The van der Waals surface area contributed by atoms with E-state index in [-0.39, 0.29) is 5.78 Å². The monoisotopic (exact) mass is 478 g/mol. The Morgan fingerprint density at radius 1 is 1.15 bits per heavy atom. The van der Waals surface area contributed by atoms with E-state index in [9.17, 15) is 4.79 Å². The van der Waals surface area contributed by atoms with Crippen LogP contribution >= 0.6 is 11.3 Å². The first-order valence-corrected chi connectivity index (χ1v) is 11.7. The first-order chi connectivity index (χ1) is 16.4. The molecular formula is C28H30O5S. The van der Waals surface area contributed by atoms with E-state index in [4.69, 9.17) is 18.6 Å². The predicted octanol–water partition coefficient (Wildman–Crippen LogP) is 7.72. The van der Waals surface area contributed by atoms with Crippen LogP contribution in [0.2, 0.25) is 0 Å². The Hall–Kier alpha value is -3.51. The van der Waals surface area contributed by atoms with Gasteiger partial charge < -0.3 is 18.6 Å².